The number of hydrogen-bond acceptors (Lipinski definition) is 11. The number of nitrogens with one attached hydrogen (secondary N) is 1. The van der Waals surface area contributed by atoms with Gasteiger partial charge in [0.2, 0.25) is 18.3 Å². The summed E-state index contributed by atoms with van der Waals surface area (Å²) in [5, 5.41) is 7.36. The molecule has 0 saturated carbocycles. The first-order valence-corrected chi connectivity index (χ1v) is 13.4. The van der Waals surface area contributed by atoms with Gasteiger partial charge in [-0.05, 0) is 23.6 Å². The van der Waals surface area contributed by atoms with Crippen LogP contribution < -0.4 is 4.74 Å². The number of esters is 4. The minimum atomic E-state index is -1.38. The fourth-order valence-electron chi connectivity index (χ4n) is 4.31. The van der Waals surface area contributed by atoms with Gasteiger partial charge in [0.25, 0.3) is 0 Å². The molecule has 2 heterocycles. The van der Waals surface area contributed by atoms with Gasteiger partial charge in [-0.15, -0.1) is 5.10 Å². The Morgan fingerprint density at radius 3 is 2.02 bits per heavy atom. The largest absolute Gasteiger partial charge is 0.463 e. The van der Waals surface area contributed by atoms with Crippen LogP contribution in [0.5, 0.6) is 5.88 Å². The van der Waals surface area contributed by atoms with E-state index in [0.29, 0.717) is 6.42 Å². The highest BCUT2D eigenvalue weighted by atomic mass is 79.9. The first-order valence-electron chi connectivity index (χ1n) is 12.6. The number of ether oxygens (including phenoxy) is 6. The van der Waals surface area contributed by atoms with Crippen LogP contribution >= 0.6 is 15.9 Å². The molecule has 1 saturated heterocycles. The Morgan fingerprint density at radius 2 is 1.48 bits per heavy atom. The highest BCUT2D eigenvalue weighted by molar-refractivity contribution is 9.10. The fourth-order valence-corrected chi connectivity index (χ4v) is 4.57. The molecule has 5 atom stereocenters. The zero-order valence-electron chi connectivity index (χ0n) is 23.1. The maximum absolute atomic E-state index is 12.1. The molecule has 0 radical (unpaired) electrons. The van der Waals surface area contributed by atoms with Crippen molar-refractivity contribution in [3.63, 3.8) is 0 Å². The molecule has 40 heavy (non-hydrogen) atoms. The van der Waals surface area contributed by atoms with Crippen molar-refractivity contribution in [2.75, 3.05) is 6.61 Å². The second-order valence-corrected chi connectivity index (χ2v) is 10.5. The van der Waals surface area contributed by atoms with Gasteiger partial charge in [0.1, 0.15) is 12.7 Å². The smallest absolute Gasteiger partial charge is 0.303 e. The quantitative estimate of drug-likeness (QED) is 0.306. The summed E-state index contributed by atoms with van der Waals surface area (Å²) in [4.78, 5) is 47.7. The van der Waals surface area contributed by atoms with E-state index < -0.39 is 54.6 Å². The first-order chi connectivity index (χ1) is 18.8. The normalized spacial score (nSPS) is 22.4. The average molecular weight is 625 g/mol. The van der Waals surface area contributed by atoms with E-state index in [4.69, 9.17) is 28.4 Å². The number of H-pyrrole nitrogens is 1. The van der Waals surface area contributed by atoms with E-state index in [1.165, 1.54) is 6.92 Å². The lowest BCUT2D eigenvalue weighted by atomic mass is 9.97. The highest BCUT2D eigenvalue weighted by Gasteiger charge is 2.53. The van der Waals surface area contributed by atoms with Gasteiger partial charge in [-0.3, -0.25) is 24.3 Å². The van der Waals surface area contributed by atoms with E-state index in [1.807, 2.05) is 38.1 Å². The lowest BCUT2D eigenvalue weighted by molar-refractivity contribution is -0.289. The Bertz CT molecular complexity index is 1210. The molecule has 0 amide bonds. The predicted octanol–water partition coefficient (Wildman–Crippen LogP) is 3.35. The molecule has 2 aromatic rings. The number of nitrogens with zero attached hydrogens (tertiary/aromatic N) is 1. The summed E-state index contributed by atoms with van der Waals surface area (Å²) >= 11 is 3.44. The molecule has 0 aliphatic carbocycles. The molecule has 1 aliphatic heterocycles. The highest BCUT2D eigenvalue weighted by Crippen LogP contribution is 2.34. The van der Waals surface area contributed by atoms with Crippen LogP contribution in [0, 0.1) is 0 Å². The number of aromatic amines is 1. The standard InChI is InChI=1S/C27H33BrN2O10/c1-13(2)22-20(11-18-7-9-19(28)10-8-18)26(30-29-22)40-27-25(38-17(6)34)24(37-16(5)33)23(36-15(4)32)21(39-27)12-35-14(3)31/h7-10,13,21,23-25,27H,11-12H2,1-6H3,(H,29,30)/t21-,23+,24+,25-,27?/m1/s1. The summed E-state index contributed by atoms with van der Waals surface area (Å²) in [6.07, 6.45) is -6.04. The molecule has 1 aromatic heterocycles. The summed E-state index contributed by atoms with van der Waals surface area (Å²) in [6.45, 7) is 8.31. The van der Waals surface area contributed by atoms with Gasteiger partial charge in [0, 0.05) is 49.8 Å². The third-order valence-corrected chi connectivity index (χ3v) is 6.44. The van der Waals surface area contributed by atoms with Crippen molar-refractivity contribution >= 4 is 39.8 Å². The van der Waals surface area contributed by atoms with Gasteiger partial charge in [-0.2, -0.15) is 0 Å². The van der Waals surface area contributed by atoms with Crippen LogP contribution in [0.2, 0.25) is 0 Å². The summed E-state index contributed by atoms with van der Waals surface area (Å²) in [5.74, 6) is -2.55. The lowest BCUT2D eigenvalue weighted by Crippen LogP contribution is -2.63. The summed E-state index contributed by atoms with van der Waals surface area (Å²) in [5.41, 5.74) is 2.55. The topological polar surface area (TPSA) is 152 Å². The van der Waals surface area contributed by atoms with E-state index in [2.05, 4.69) is 26.1 Å². The van der Waals surface area contributed by atoms with Crippen LogP contribution in [0.1, 0.15) is 64.3 Å². The van der Waals surface area contributed by atoms with Crippen LogP contribution in [0.3, 0.4) is 0 Å². The number of aromatic nitrogens is 2. The second-order valence-electron chi connectivity index (χ2n) is 9.56. The summed E-state index contributed by atoms with van der Waals surface area (Å²) in [6, 6.07) is 7.76. The van der Waals surface area contributed by atoms with Crippen LogP contribution in [0.4, 0.5) is 0 Å². The summed E-state index contributed by atoms with van der Waals surface area (Å²) in [7, 11) is 0. The molecule has 0 spiro atoms. The molecule has 1 unspecified atom stereocenters. The number of carbonyl (C=O) groups excluding carboxylic acids is 4. The Hall–Kier alpha value is -3.45. The lowest BCUT2D eigenvalue weighted by Gasteiger charge is -2.43. The van der Waals surface area contributed by atoms with Crippen LogP contribution in [0.25, 0.3) is 0 Å². The maximum atomic E-state index is 12.1. The minimum absolute atomic E-state index is 0.0608. The van der Waals surface area contributed by atoms with E-state index in [9.17, 15) is 19.2 Å². The molecule has 1 aliphatic rings. The van der Waals surface area contributed by atoms with E-state index in [0.717, 1.165) is 42.1 Å². The molecule has 13 heteroatoms. The molecule has 1 fully saturated rings. The van der Waals surface area contributed by atoms with Gasteiger partial charge < -0.3 is 28.4 Å². The van der Waals surface area contributed by atoms with Crippen molar-refractivity contribution in [2.45, 2.75) is 84.6 Å². The van der Waals surface area contributed by atoms with Gasteiger partial charge in [0.15, 0.2) is 12.2 Å². The maximum Gasteiger partial charge on any atom is 0.303 e. The number of hydrogen-bond donors (Lipinski definition) is 1. The molecule has 0 bridgehead atoms. The van der Waals surface area contributed by atoms with E-state index >= 15 is 0 Å². The van der Waals surface area contributed by atoms with Gasteiger partial charge >= 0.3 is 23.9 Å². The predicted molar refractivity (Wildman–Crippen MR) is 142 cm³/mol. The Kier molecular flexibility index (Phi) is 10.7. The average Bonchev–Trinajstić information content (AvgIpc) is 3.24. The zero-order chi connectivity index (χ0) is 29.6. The van der Waals surface area contributed by atoms with Crippen LogP contribution in [-0.2, 0) is 49.3 Å². The van der Waals surface area contributed by atoms with Gasteiger partial charge in [0.05, 0.1) is 0 Å². The van der Waals surface area contributed by atoms with Crippen molar-refractivity contribution in [2.24, 2.45) is 0 Å². The first kappa shape index (κ1) is 31.1. The van der Waals surface area contributed by atoms with Crippen LogP contribution in [0.15, 0.2) is 28.7 Å². The van der Waals surface area contributed by atoms with Crippen molar-refractivity contribution in [3.05, 3.63) is 45.6 Å². The number of rotatable bonds is 10. The van der Waals surface area contributed by atoms with E-state index in [1.54, 1.807) is 0 Å². The number of carbonyl (C=O) groups is 4. The zero-order valence-corrected chi connectivity index (χ0v) is 24.7. The van der Waals surface area contributed by atoms with Crippen molar-refractivity contribution in [1.82, 2.24) is 10.2 Å². The molecular formula is C27H33BrN2O10. The monoisotopic (exact) mass is 624 g/mol. The van der Waals surface area contributed by atoms with Gasteiger partial charge in [-0.1, -0.05) is 41.9 Å². The van der Waals surface area contributed by atoms with Crippen molar-refractivity contribution < 1.29 is 47.6 Å². The molecule has 12 nitrogen and oxygen atoms in total. The van der Waals surface area contributed by atoms with Crippen LogP contribution in [-0.4, -0.2) is 71.4 Å². The molecule has 1 aromatic carbocycles. The number of halogens is 1. The summed E-state index contributed by atoms with van der Waals surface area (Å²) < 4.78 is 34.7. The Labute approximate surface area is 240 Å². The molecule has 3 rings (SSSR count). The third-order valence-electron chi connectivity index (χ3n) is 5.91. The Morgan fingerprint density at radius 1 is 0.900 bits per heavy atom. The third kappa shape index (κ3) is 8.28. The minimum Gasteiger partial charge on any atom is -0.463 e. The number of benzene rings is 1. The molecule has 1 N–H and O–H groups in total. The Balaban J connectivity index is 2.04. The fraction of sp³-hybridized carbons (Fsp3) is 0.519. The van der Waals surface area contributed by atoms with E-state index in [-0.39, 0.29) is 18.4 Å². The van der Waals surface area contributed by atoms with Gasteiger partial charge in [-0.25, -0.2) is 0 Å². The molecular weight excluding hydrogens is 592 g/mol. The van der Waals surface area contributed by atoms with Crippen molar-refractivity contribution in [1.29, 1.82) is 0 Å². The SMILES string of the molecule is CC(=O)OC[C@H]1OC(Oc2n[nH]c(C(C)C)c2Cc2ccc(Br)cc2)[C@H](OC(C)=O)[C@@H](OC(C)=O)[C@H]1OC(C)=O. The second kappa shape index (κ2) is 13.8. The molecule has 218 valence electrons. The van der Waals surface area contributed by atoms with Crippen molar-refractivity contribution in [3.8, 4) is 5.88 Å².